The molecule has 1 fully saturated rings. The van der Waals surface area contributed by atoms with Crippen LogP contribution >= 0.6 is 0 Å². The van der Waals surface area contributed by atoms with Gasteiger partial charge in [0, 0.05) is 6.04 Å². The molecular weight excluding hydrogens is 256 g/mol. The van der Waals surface area contributed by atoms with Crippen LogP contribution in [-0.2, 0) is 14.4 Å². The fourth-order valence-corrected chi connectivity index (χ4v) is 2.93. The quantitative estimate of drug-likeness (QED) is 0.608. The van der Waals surface area contributed by atoms with Crippen molar-refractivity contribution < 1.29 is 14.4 Å². The Hall–Kier alpha value is -1.65. The second kappa shape index (κ2) is 6.20. The van der Waals surface area contributed by atoms with E-state index >= 15 is 0 Å². The molecule has 1 N–H and O–H groups in total. The van der Waals surface area contributed by atoms with Crippen LogP contribution in [0.2, 0.25) is 0 Å². The van der Waals surface area contributed by atoms with E-state index in [1.807, 2.05) is 26.0 Å². The summed E-state index contributed by atoms with van der Waals surface area (Å²) in [5.41, 5.74) is 0. The van der Waals surface area contributed by atoms with Crippen molar-refractivity contribution in [1.29, 1.82) is 0 Å². The molecule has 110 valence electrons. The summed E-state index contributed by atoms with van der Waals surface area (Å²) in [5, 5.41) is 2.87. The summed E-state index contributed by atoms with van der Waals surface area (Å²) in [6.45, 7) is 3.86. The van der Waals surface area contributed by atoms with Crippen molar-refractivity contribution in [2.45, 2.75) is 45.6 Å². The summed E-state index contributed by atoms with van der Waals surface area (Å²) in [6.07, 6.45) is 6.80. The van der Waals surface area contributed by atoms with Gasteiger partial charge in [0.05, 0.1) is 11.8 Å². The Morgan fingerprint density at radius 2 is 1.70 bits per heavy atom. The minimum atomic E-state index is -0.256. The lowest BCUT2D eigenvalue weighted by molar-refractivity contribution is -0.143. The van der Waals surface area contributed by atoms with Gasteiger partial charge in [0.1, 0.15) is 6.54 Å². The maximum atomic E-state index is 12.2. The molecule has 0 spiro atoms. The molecule has 1 saturated heterocycles. The third-order valence-electron chi connectivity index (χ3n) is 4.25. The van der Waals surface area contributed by atoms with E-state index in [1.165, 1.54) is 0 Å². The normalized spacial score (nSPS) is 25.2. The molecule has 2 rings (SSSR count). The van der Waals surface area contributed by atoms with Crippen LogP contribution in [0, 0.1) is 11.8 Å². The number of nitrogens with zero attached hydrogens (tertiary/aromatic N) is 1. The molecule has 1 aliphatic carbocycles. The monoisotopic (exact) mass is 278 g/mol. The predicted octanol–water partition coefficient (Wildman–Crippen LogP) is 1.24. The Morgan fingerprint density at radius 3 is 2.15 bits per heavy atom. The number of hydrogen-bond donors (Lipinski definition) is 1. The zero-order chi connectivity index (χ0) is 14.7. The van der Waals surface area contributed by atoms with Gasteiger partial charge in [-0.15, -0.1) is 0 Å². The highest BCUT2D eigenvalue weighted by molar-refractivity contribution is 6.07. The molecule has 0 aromatic carbocycles. The molecule has 2 aliphatic rings. The van der Waals surface area contributed by atoms with Crippen LogP contribution in [0.15, 0.2) is 12.2 Å². The van der Waals surface area contributed by atoms with Gasteiger partial charge in [-0.25, -0.2) is 0 Å². The number of nitrogens with one attached hydrogen (secondary N) is 1. The first-order valence-electron chi connectivity index (χ1n) is 7.38. The Kier molecular flexibility index (Phi) is 4.57. The lowest BCUT2D eigenvalue weighted by Crippen LogP contribution is -2.44. The van der Waals surface area contributed by atoms with Crippen molar-refractivity contribution in [3.63, 3.8) is 0 Å². The summed E-state index contributed by atoms with van der Waals surface area (Å²) >= 11 is 0. The number of hydrogen-bond acceptors (Lipinski definition) is 3. The first kappa shape index (κ1) is 14.8. The number of carbonyl (C=O) groups excluding carboxylic acids is 3. The van der Waals surface area contributed by atoms with Gasteiger partial charge in [0.2, 0.25) is 17.7 Å². The van der Waals surface area contributed by atoms with E-state index in [0.717, 1.165) is 17.7 Å². The second-order valence-corrected chi connectivity index (χ2v) is 5.50. The van der Waals surface area contributed by atoms with Gasteiger partial charge < -0.3 is 5.32 Å². The van der Waals surface area contributed by atoms with Crippen LogP contribution in [-0.4, -0.2) is 35.2 Å². The molecule has 0 saturated carbocycles. The van der Waals surface area contributed by atoms with Crippen LogP contribution in [0.3, 0.4) is 0 Å². The summed E-state index contributed by atoms with van der Waals surface area (Å²) in [6, 6.07) is 0.110. The zero-order valence-corrected chi connectivity index (χ0v) is 12.1. The highest BCUT2D eigenvalue weighted by atomic mass is 16.2. The molecular formula is C15H22N2O3. The zero-order valence-electron chi connectivity index (χ0n) is 12.1. The third-order valence-corrected chi connectivity index (χ3v) is 4.25. The van der Waals surface area contributed by atoms with Crippen molar-refractivity contribution >= 4 is 17.7 Å². The third kappa shape index (κ3) is 2.76. The lowest BCUT2D eigenvalue weighted by Gasteiger charge is -2.18. The first-order chi connectivity index (χ1) is 9.58. The molecule has 0 aromatic rings. The predicted molar refractivity (Wildman–Crippen MR) is 74.6 cm³/mol. The maximum absolute atomic E-state index is 12.2. The van der Waals surface area contributed by atoms with E-state index in [-0.39, 0.29) is 42.1 Å². The topological polar surface area (TPSA) is 66.5 Å². The molecule has 20 heavy (non-hydrogen) atoms. The number of imide groups is 1. The van der Waals surface area contributed by atoms with Crippen molar-refractivity contribution in [2.24, 2.45) is 11.8 Å². The van der Waals surface area contributed by atoms with E-state index < -0.39 is 0 Å². The van der Waals surface area contributed by atoms with E-state index in [0.29, 0.717) is 12.8 Å². The van der Waals surface area contributed by atoms with Crippen LogP contribution in [0.1, 0.15) is 39.5 Å². The summed E-state index contributed by atoms with van der Waals surface area (Å²) in [5.74, 6) is -1.14. The van der Waals surface area contributed by atoms with Crippen LogP contribution in [0.4, 0.5) is 0 Å². The highest BCUT2D eigenvalue weighted by Crippen LogP contribution is 2.34. The summed E-state index contributed by atoms with van der Waals surface area (Å²) in [7, 11) is 0. The van der Waals surface area contributed by atoms with Crippen LogP contribution in [0.25, 0.3) is 0 Å². The number of allylic oxidation sites excluding steroid dienone is 2. The Labute approximate surface area is 119 Å². The average molecular weight is 278 g/mol. The number of amides is 3. The number of carbonyl (C=O) groups is 3. The van der Waals surface area contributed by atoms with E-state index in [4.69, 9.17) is 0 Å². The van der Waals surface area contributed by atoms with Gasteiger partial charge in [0.25, 0.3) is 0 Å². The summed E-state index contributed by atoms with van der Waals surface area (Å²) < 4.78 is 0. The number of fused-ring (bicyclic) bond motifs is 1. The van der Waals surface area contributed by atoms with Crippen molar-refractivity contribution in [3.05, 3.63) is 12.2 Å². The SMILES string of the molecule is CCC(CC)NC(=O)CN1C(=O)[C@H]2CC=CC[C@@H]2C1=O. The van der Waals surface area contributed by atoms with Gasteiger partial charge in [-0.1, -0.05) is 26.0 Å². The molecule has 1 aliphatic heterocycles. The van der Waals surface area contributed by atoms with Gasteiger partial charge in [-0.05, 0) is 25.7 Å². The molecule has 0 unspecified atom stereocenters. The first-order valence-corrected chi connectivity index (χ1v) is 7.38. The van der Waals surface area contributed by atoms with E-state index in [1.54, 1.807) is 0 Å². The van der Waals surface area contributed by atoms with E-state index in [2.05, 4.69) is 5.32 Å². The fraction of sp³-hybridized carbons (Fsp3) is 0.667. The minimum absolute atomic E-state index is 0.110. The van der Waals surface area contributed by atoms with Gasteiger partial charge in [-0.2, -0.15) is 0 Å². The van der Waals surface area contributed by atoms with Crippen LogP contribution in [0.5, 0.6) is 0 Å². The second-order valence-electron chi connectivity index (χ2n) is 5.50. The van der Waals surface area contributed by atoms with E-state index in [9.17, 15) is 14.4 Å². The average Bonchev–Trinajstić information content (AvgIpc) is 2.70. The van der Waals surface area contributed by atoms with Gasteiger partial charge >= 0.3 is 0 Å². The molecule has 2 atom stereocenters. The number of rotatable bonds is 5. The van der Waals surface area contributed by atoms with Crippen molar-refractivity contribution in [1.82, 2.24) is 10.2 Å². The fourth-order valence-electron chi connectivity index (χ4n) is 2.93. The Balaban J connectivity index is 1.98. The van der Waals surface area contributed by atoms with Gasteiger partial charge in [0.15, 0.2) is 0 Å². The Bertz CT molecular complexity index is 414. The molecule has 0 radical (unpaired) electrons. The van der Waals surface area contributed by atoms with Crippen molar-refractivity contribution in [3.8, 4) is 0 Å². The van der Waals surface area contributed by atoms with Gasteiger partial charge in [-0.3, -0.25) is 19.3 Å². The number of likely N-dealkylation sites (tertiary alicyclic amines) is 1. The van der Waals surface area contributed by atoms with Crippen LogP contribution < -0.4 is 5.32 Å². The molecule has 5 heteroatoms. The molecule has 1 heterocycles. The minimum Gasteiger partial charge on any atom is -0.352 e. The summed E-state index contributed by atoms with van der Waals surface area (Å²) in [4.78, 5) is 37.5. The van der Waals surface area contributed by atoms with Crippen molar-refractivity contribution in [2.75, 3.05) is 6.54 Å². The smallest absolute Gasteiger partial charge is 0.240 e. The lowest BCUT2D eigenvalue weighted by atomic mass is 9.85. The molecule has 0 bridgehead atoms. The highest BCUT2D eigenvalue weighted by Gasteiger charge is 2.47. The largest absolute Gasteiger partial charge is 0.352 e. The molecule has 3 amide bonds. The molecule has 0 aromatic heterocycles. The Morgan fingerprint density at radius 1 is 1.20 bits per heavy atom. The molecule has 5 nitrogen and oxygen atoms in total. The maximum Gasteiger partial charge on any atom is 0.240 e. The standard InChI is InChI=1S/C15H22N2O3/c1-3-10(4-2)16-13(18)9-17-14(19)11-7-5-6-8-12(11)15(17)20/h5-6,10-12H,3-4,7-9H2,1-2H3,(H,16,18)/t11-,12-/m0/s1.